The third kappa shape index (κ3) is 4.85. The van der Waals surface area contributed by atoms with Crippen LogP contribution in [0.25, 0.3) is 0 Å². The molecule has 0 spiro atoms. The number of fused-ring (bicyclic) bond motifs is 1. The van der Waals surface area contributed by atoms with Gasteiger partial charge in [-0.1, -0.05) is 24.3 Å². The summed E-state index contributed by atoms with van der Waals surface area (Å²) in [5, 5.41) is 0. The summed E-state index contributed by atoms with van der Waals surface area (Å²) in [4.78, 5) is 12.4. The summed E-state index contributed by atoms with van der Waals surface area (Å²) in [6.07, 6.45) is -6.38. The fourth-order valence-corrected chi connectivity index (χ4v) is 4.79. The number of hydrogen-bond donors (Lipinski definition) is 0. The SMILES string of the molecule is CC(C)(C)OC(=O)C[C@H]1c2ccccc2[C@@H](C(F)(F)C(F)(F)F)N1S(=O)C(C)(C)C. The molecule has 170 valence electrons. The standard InChI is InChI=1S/C20H26F5NO3S/c1-17(2,3)29-15(27)11-14-12-9-7-8-10-13(12)16(19(21,22)20(23,24)25)26(14)30(28)18(4,5)6/h7-10,14,16H,11H2,1-6H3/t14-,16-,30?/m0/s1. The van der Waals surface area contributed by atoms with Crippen molar-refractivity contribution >= 4 is 17.0 Å². The van der Waals surface area contributed by atoms with Crippen LogP contribution in [-0.2, 0) is 20.5 Å². The first-order valence-corrected chi connectivity index (χ1v) is 10.4. The van der Waals surface area contributed by atoms with Gasteiger partial charge >= 0.3 is 18.1 Å². The average molecular weight is 455 g/mol. The molecule has 0 amide bonds. The third-order valence-electron chi connectivity index (χ3n) is 4.43. The Morgan fingerprint density at radius 1 is 1.00 bits per heavy atom. The first-order valence-electron chi connectivity index (χ1n) is 9.33. The molecule has 1 aromatic rings. The van der Waals surface area contributed by atoms with E-state index in [1.54, 1.807) is 20.8 Å². The van der Waals surface area contributed by atoms with Gasteiger partial charge in [0.15, 0.2) is 0 Å². The maximum absolute atomic E-state index is 14.7. The number of ether oxygens (including phenoxy) is 1. The van der Waals surface area contributed by atoms with Crippen molar-refractivity contribution in [3.63, 3.8) is 0 Å². The van der Waals surface area contributed by atoms with Crippen LogP contribution in [0.1, 0.15) is 71.2 Å². The van der Waals surface area contributed by atoms with Crippen molar-refractivity contribution in [2.24, 2.45) is 0 Å². The maximum Gasteiger partial charge on any atom is 0.455 e. The van der Waals surface area contributed by atoms with Crippen molar-refractivity contribution in [2.45, 2.75) is 82.5 Å². The van der Waals surface area contributed by atoms with Gasteiger partial charge < -0.3 is 4.74 Å². The number of nitrogens with zero attached hydrogens (tertiary/aromatic N) is 1. The van der Waals surface area contributed by atoms with Gasteiger partial charge in [0.25, 0.3) is 0 Å². The first-order chi connectivity index (χ1) is 13.4. The molecule has 1 aliphatic rings. The van der Waals surface area contributed by atoms with Gasteiger partial charge in [-0.25, -0.2) is 8.51 Å². The van der Waals surface area contributed by atoms with Gasteiger partial charge in [-0.3, -0.25) is 4.79 Å². The lowest BCUT2D eigenvalue weighted by molar-refractivity contribution is -0.300. The van der Waals surface area contributed by atoms with Crippen molar-refractivity contribution in [3.8, 4) is 0 Å². The van der Waals surface area contributed by atoms with E-state index in [2.05, 4.69) is 0 Å². The summed E-state index contributed by atoms with van der Waals surface area (Å²) in [6.45, 7) is 9.25. The number of alkyl halides is 5. The highest BCUT2D eigenvalue weighted by molar-refractivity contribution is 7.84. The van der Waals surface area contributed by atoms with E-state index in [0.717, 1.165) is 6.07 Å². The number of carbonyl (C=O) groups excluding carboxylic acids is 1. The van der Waals surface area contributed by atoms with Crippen LogP contribution in [0.3, 0.4) is 0 Å². The molecule has 0 bridgehead atoms. The van der Waals surface area contributed by atoms with Crippen LogP contribution >= 0.6 is 0 Å². The van der Waals surface area contributed by atoms with Crippen molar-refractivity contribution < 1.29 is 35.7 Å². The summed E-state index contributed by atoms with van der Waals surface area (Å²) < 4.78 is 87.3. The second-order valence-electron chi connectivity index (χ2n) is 9.18. The lowest BCUT2D eigenvalue weighted by Gasteiger charge is -2.38. The monoisotopic (exact) mass is 455 g/mol. The molecular formula is C20H26F5NO3S. The minimum atomic E-state index is -5.87. The van der Waals surface area contributed by atoms with Gasteiger partial charge in [0.2, 0.25) is 0 Å². The van der Waals surface area contributed by atoms with E-state index in [-0.39, 0.29) is 11.1 Å². The molecule has 1 aliphatic heterocycles. The molecule has 1 heterocycles. The predicted molar refractivity (Wildman–Crippen MR) is 103 cm³/mol. The van der Waals surface area contributed by atoms with Crippen LogP contribution in [0, 0.1) is 0 Å². The van der Waals surface area contributed by atoms with Crippen molar-refractivity contribution in [3.05, 3.63) is 35.4 Å². The van der Waals surface area contributed by atoms with Crippen LogP contribution in [0.2, 0.25) is 0 Å². The van der Waals surface area contributed by atoms with Crippen LogP contribution in [-0.4, -0.2) is 36.9 Å². The van der Waals surface area contributed by atoms with Crippen LogP contribution < -0.4 is 0 Å². The normalized spacial score (nSPS) is 22.0. The Hall–Kier alpha value is -1.55. The highest BCUT2D eigenvalue weighted by Crippen LogP contribution is 2.56. The van der Waals surface area contributed by atoms with E-state index in [1.165, 1.54) is 39.0 Å². The molecule has 30 heavy (non-hydrogen) atoms. The Labute approximate surface area is 175 Å². The van der Waals surface area contributed by atoms with Gasteiger partial charge in [0, 0.05) is 0 Å². The van der Waals surface area contributed by atoms with Gasteiger partial charge in [0.05, 0.1) is 17.2 Å². The molecule has 0 radical (unpaired) electrons. The number of hydrogen-bond acceptors (Lipinski definition) is 3. The zero-order valence-corrected chi connectivity index (χ0v) is 18.5. The molecule has 0 aliphatic carbocycles. The second kappa shape index (κ2) is 7.85. The summed E-state index contributed by atoms with van der Waals surface area (Å²) in [5.74, 6) is -5.97. The average Bonchev–Trinajstić information content (AvgIpc) is 2.85. The van der Waals surface area contributed by atoms with Gasteiger partial charge in [-0.05, 0) is 52.7 Å². The minimum absolute atomic E-state index is 0.106. The molecule has 4 nitrogen and oxygen atoms in total. The number of halogens is 5. The molecular weight excluding hydrogens is 429 g/mol. The molecule has 10 heteroatoms. The van der Waals surface area contributed by atoms with Crippen LogP contribution in [0.4, 0.5) is 22.0 Å². The second-order valence-corrected chi connectivity index (χ2v) is 11.3. The highest BCUT2D eigenvalue weighted by Gasteiger charge is 2.68. The van der Waals surface area contributed by atoms with E-state index < -0.39 is 57.9 Å². The Kier molecular flexibility index (Phi) is 6.47. The molecule has 1 unspecified atom stereocenters. The van der Waals surface area contributed by atoms with E-state index in [9.17, 15) is 31.0 Å². The molecule has 1 aromatic carbocycles. The fourth-order valence-electron chi connectivity index (χ4n) is 3.30. The number of rotatable bonds is 4. The number of benzene rings is 1. The first kappa shape index (κ1) is 24.7. The molecule has 0 saturated heterocycles. The van der Waals surface area contributed by atoms with Crippen LogP contribution in [0.15, 0.2) is 24.3 Å². The molecule has 0 fully saturated rings. The van der Waals surface area contributed by atoms with Gasteiger partial charge in [-0.2, -0.15) is 22.0 Å². The zero-order valence-electron chi connectivity index (χ0n) is 17.6. The molecule has 3 atom stereocenters. The molecule has 0 N–H and O–H groups in total. The molecule has 2 rings (SSSR count). The zero-order chi connectivity index (χ0) is 23.3. The Balaban J connectivity index is 2.65. The number of carbonyl (C=O) groups is 1. The Morgan fingerprint density at radius 2 is 1.50 bits per heavy atom. The van der Waals surface area contributed by atoms with E-state index >= 15 is 0 Å². The lowest BCUT2D eigenvalue weighted by atomic mass is 9.97. The third-order valence-corrected chi connectivity index (χ3v) is 6.32. The maximum atomic E-state index is 14.7. The largest absolute Gasteiger partial charge is 0.460 e. The van der Waals surface area contributed by atoms with Crippen molar-refractivity contribution in [1.82, 2.24) is 4.31 Å². The quantitative estimate of drug-likeness (QED) is 0.446. The Morgan fingerprint density at radius 3 is 1.93 bits per heavy atom. The van der Waals surface area contributed by atoms with Crippen molar-refractivity contribution in [2.75, 3.05) is 0 Å². The summed E-state index contributed by atoms with van der Waals surface area (Å²) in [6, 6.07) is 1.57. The Bertz CT molecular complexity index is 827. The lowest BCUT2D eigenvalue weighted by Crippen LogP contribution is -2.50. The molecule has 0 saturated carbocycles. The summed E-state index contributed by atoms with van der Waals surface area (Å²) >= 11 is 0. The summed E-state index contributed by atoms with van der Waals surface area (Å²) in [5.41, 5.74) is -1.07. The topological polar surface area (TPSA) is 46.6 Å². The molecule has 0 aromatic heterocycles. The highest BCUT2D eigenvalue weighted by atomic mass is 32.2. The minimum Gasteiger partial charge on any atom is -0.460 e. The van der Waals surface area contributed by atoms with E-state index in [1.807, 2.05) is 0 Å². The van der Waals surface area contributed by atoms with E-state index in [4.69, 9.17) is 4.74 Å². The predicted octanol–water partition coefficient (Wildman–Crippen LogP) is 5.48. The summed E-state index contributed by atoms with van der Waals surface area (Å²) in [7, 11) is -2.27. The van der Waals surface area contributed by atoms with Crippen LogP contribution in [0.5, 0.6) is 0 Å². The fraction of sp³-hybridized carbons (Fsp3) is 0.650. The smallest absolute Gasteiger partial charge is 0.455 e. The van der Waals surface area contributed by atoms with Gasteiger partial charge in [0.1, 0.15) is 22.6 Å². The van der Waals surface area contributed by atoms with Gasteiger partial charge in [-0.15, -0.1) is 0 Å². The number of esters is 1. The van der Waals surface area contributed by atoms with E-state index in [0.29, 0.717) is 4.31 Å². The van der Waals surface area contributed by atoms with Crippen molar-refractivity contribution in [1.29, 1.82) is 0 Å².